The number of methoxy groups -OCH3 is 1. The van der Waals surface area contributed by atoms with E-state index in [2.05, 4.69) is 0 Å². The Hall–Kier alpha value is -2.02. The van der Waals surface area contributed by atoms with Gasteiger partial charge in [-0.25, -0.2) is 0 Å². The molecule has 0 heterocycles. The van der Waals surface area contributed by atoms with Gasteiger partial charge in [0.05, 0.1) is 13.2 Å². The third-order valence-electron chi connectivity index (χ3n) is 2.52. The van der Waals surface area contributed by atoms with Crippen LogP contribution in [0.25, 0.3) is 0 Å². The van der Waals surface area contributed by atoms with E-state index in [-0.39, 0.29) is 12.5 Å². The van der Waals surface area contributed by atoms with Crippen LogP contribution in [0.3, 0.4) is 0 Å². The lowest BCUT2D eigenvalue weighted by molar-refractivity contribution is -0.129. The number of rotatable bonds is 5. The van der Waals surface area contributed by atoms with E-state index in [0.717, 1.165) is 11.3 Å². The highest BCUT2D eigenvalue weighted by molar-refractivity contribution is 5.76. The Bertz CT molecular complexity index is 406. The number of benzene rings is 1. The molecular weight excluding hydrogens is 216 g/mol. The highest BCUT2D eigenvalue weighted by atomic mass is 16.5. The second kappa shape index (κ2) is 6.54. The van der Waals surface area contributed by atoms with E-state index in [1.165, 1.54) is 4.90 Å². The quantitative estimate of drug-likeness (QED) is 0.725. The first-order valence-electron chi connectivity index (χ1n) is 5.41. The zero-order valence-corrected chi connectivity index (χ0v) is 10.1. The van der Waals surface area contributed by atoms with Crippen LogP contribution in [-0.2, 0) is 11.2 Å². The third kappa shape index (κ3) is 4.15. The lowest BCUT2D eigenvalue weighted by Gasteiger charge is -2.12. The predicted molar refractivity (Wildman–Crippen MR) is 64.6 cm³/mol. The fraction of sp³-hybridized carbons (Fsp3) is 0.385. The van der Waals surface area contributed by atoms with Gasteiger partial charge in [0.1, 0.15) is 12.3 Å². The van der Waals surface area contributed by atoms with Crippen LogP contribution < -0.4 is 4.74 Å². The Kier molecular flexibility index (Phi) is 5.02. The van der Waals surface area contributed by atoms with Gasteiger partial charge in [-0.05, 0) is 24.1 Å². The first-order chi connectivity index (χ1) is 8.17. The maximum absolute atomic E-state index is 11.6. The zero-order valence-electron chi connectivity index (χ0n) is 10.1. The normalized spacial score (nSPS) is 9.47. The van der Waals surface area contributed by atoms with Crippen molar-refractivity contribution < 1.29 is 9.53 Å². The maximum atomic E-state index is 11.6. The molecular formula is C13H16N2O2. The van der Waals surface area contributed by atoms with E-state index in [1.54, 1.807) is 14.2 Å². The van der Waals surface area contributed by atoms with Crippen LogP contribution in [0.5, 0.6) is 5.75 Å². The summed E-state index contributed by atoms with van der Waals surface area (Å²) in [6.45, 7) is 0.140. The maximum Gasteiger partial charge on any atom is 0.223 e. The molecule has 0 radical (unpaired) electrons. The van der Waals surface area contributed by atoms with Gasteiger partial charge in [-0.1, -0.05) is 12.1 Å². The molecule has 1 aromatic carbocycles. The standard InChI is InChI=1S/C13H16N2O2/c1-15(10-9-14)13(16)8-5-11-3-6-12(17-2)7-4-11/h3-4,6-7H,5,8,10H2,1-2H3. The van der Waals surface area contributed by atoms with Gasteiger partial charge in [-0.15, -0.1) is 0 Å². The lowest BCUT2D eigenvalue weighted by Crippen LogP contribution is -2.27. The van der Waals surface area contributed by atoms with Gasteiger partial charge in [0, 0.05) is 13.5 Å². The van der Waals surface area contributed by atoms with Crippen LogP contribution in [0.2, 0.25) is 0 Å². The second-order valence-electron chi connectivity index (χ2n) is 3.76. The molecule has 0 N–H and O–H groups in total. The summed E-state index contributed by atoms with van der Waals surface area (Å²) in [4.78, 5) is 13.0. The molecule has 0 aromatic heterocycles. The molecule has 90 valence electrons. The number of hydrogen-bond acceptors (Lipinski definition) is 3. The first-order valence-corrected chi connectivity index (χ1v) is 5.41. The Morgan fingerprint density at radius 1 is 1.41 bits per heavy atom. The van der Waals surface area contributed by atoms with E-state index in [9.17, 15) is 4.79 Å². The second-order valence-corrected chi connectivity index (χ2v) is 3.76. The van der Waals surface area contributed by atoms with E-state index in [0.29, 0.717) is 12.8 Å². The van der Waals surface area contributed by atoms with Gasteiger partial charge in [-0.2, -0.15) is 5.26 Å². The van der Waals surface area contributed by atoms with E-state index < -0.39 is 0 Å². The van der Waals surface area contributed by atoms with Crippen molar-refractivity contribution in [3.63, 3.8) is 0 Å². The summed E-state index contributed by atoms with van der Waals surface area (Å²) >= 11 is 0. The van der Waals surface area contributed by atoms with Crippen LogP contribution in [0, 0.1) is 11.3 Å². The van der Waals surface area contributed by atoms with Crippen molar-refractivity contribution in [2.24, 2.45) is 0 Å². The van der Waals surface area contributed by atoms with Gasteiger partial charge in [-0.3, -0.25) is 4.79 Å². The van der Waals surface area contributed by atoms with Gasteiger partial charge < -0.3 is 9.64 Å². The molecule has 0 atom stereocenters. The topological polar surface area (TPSA) is 53.3 Å². The summed E-state index contributed by atoms with van der Waals surface area (Å²) in [5, 5.41) is 8.47. The van der Waals surface area contributed by atoms with Crippen LogP contribution in [0.1, 0.15) is 12.0 Å². The molecule has 1 amide bonds. The number of amides is 1. The monoisotopic (exact) mass is 232 g/mol. The molecule has 0 spiro atoms. The SMILES string of the molecule is COc1ccc(CCC(=O)N(C)CC#N)cc1. The average molecular weight is 232 g/mol. The minimum Gasteiger partial charge on any atom is -0.497 e. The summed E-state index contributed by atoms with van der Waals surface area (Å²) in [5.41, 5.74) is 1.09. The fourth-order valence-electron chi connectivity index (χ4n) is 1.43. The Morgan fingerprint density at radius 2 is 2.06 bits per heavy atom. The number of hydrogen-bond donors (Lipinski definition) is 0. The molecule has 17 heavy (non-hydrogen) atoms. The molecule has 1 rings (SSSR count). The highest BCUT2D eigenvalue weighted by Gasteiger charge is 2.07. The predicted octanol–water partition coefficient (Wildman–Crippen LogP) is 1.61. The number of carbonyl (C=O) groups is 1. The highest BCUT2D eigenvalue weighted by Crippen LogP contribution is 2.12. The van der Waals surface area contributed by atoms with Crippen LogP contribution in [0.4, 0.5) is 0 Å². The zero-order chi connectivity index (χ0) is 12.7. The fourth-order valence-corrected chi connectivity index (χ4v) is 1.43. The van der Waals surface area contributed by atoms with Crippen molar-refractivity contribution in [3.8, 4) is 11.8 Å². The Morgan fingerprint density at radius 3 is 2.59 bits per heavy atom. The van der Waals surface area contributed by atoms with Crippen molar-refractivity contribution in [2.45, 2.75) is 12.8 Å². The van der Waals surface area contributed by atoms with E-state index in [4.69, 9.17) is 10.00 Å². The van der Waals surface area contributed by atoms with Gasteiger partial charge in [0.15, 0.2) is 0 Å². The van der Waals surface area contributed by atoms with Crippen molar-refractivity contribution in [2.75, 3.05) is 20.7 Å². The van der Waals surface area contributed by atoms with Crippen molar-refractivity contribution in [3.05, 3.63) is 29.8 Å². The Balaban J connectivity index is 2.44. The number of carbonyl (C=O) groups excluding carboxylic acids is 1. The van der Waals surface area contributed by atoms with Crippen LogP contribution in [0.15, 0.2) is 24.3 Å². The number of ether oxygens (including phenoxy) is 1. The van der Waals surface area contributed by atoms with Gasteiger partial charge in [0.25, 0.3) is 0 Å². The molecule has 4 heteroatoms. The molecule has 0 aliphatic rings. The van der Waals surface area contributed by atoms with Gasteiger partial charge >= 0.3 is 0 Å². The minimum absolute atomic E-state index is 0.0117. The number of aryl methyl sites for hydroxylation is 1. The molecule has 0 bridgehead atoms. The van der Waals surface area contributed by atoms with Crippen molar-refractivity contribution in [1.82, 2.24) is 4.90 Å². The molecule has 0 saturated heterocycles. The largest absolute Gasteiger partial charge is 0.497 e. The molecule has 0 aliphatic carbocycles. The van der Waals surface area contributed by atoms with Crippen molar-refractivity contribution >= 4 is 5.91 Å². The number of nitrogens with zero attached hydrogens (tertiary/aromatic N) is 2. The third-order valence-corrected chi connectivity index (χ3v) is 2.52. The minimum atomic E-state index is -0.0117. The molecule has 1 aromatic rings. The van der Waals surface area contributed by atoms with E-state index >= 15 is 0 Å². The first kappa shape index (κ1) is 13.0. The van der Waals surface area contributed by atoms with E-state index in [1.807, 2.05) is 30.3 Å². The Labute approximate surface area is 101 Å². The molecule has 0 aliphatic heterocycles. The smallest absolute Gasteiger partial charge is 0.223 e. The average Bonchev–Trinajstić information content (AvgIpc) is 2.36. The van der Waals surface area contributed by atoms with Crippen LogP contribution in [-0.4, -0.2) is 31.5 Å². The molecule has 0 fully saturated rings. The molecule has 0 unspecified atom stereocenters. The summed E-state index contributed by atoms with van der Waals surface area (Å²) in [6.07, 6.45) is 1.10. The lowest BCUT2D eigenvalue weighted by atomic mass is 10.1. The number of nitriles is 1. The summed E-state index contributed by atoms with van der Waals surface area (Å²) in [6, 6.07) is 9.58. The molecule has 4 nitrogen and oxygen atoms in total. The van der Waals surface area contributed by atoms with Crippen molar-refractivity contribution in [1.29, 1.82) is 5.26 Å². The summed E-state index contributed by atoms with van der Waals surface area (Å²) < 4.78 is 5.05. The summed E-state index contributed by atoms with van der Waals surface area (Å²) in [5.74, 6) is 0.795. The van der Waals surface area contributed by atoms with Gasteiger partial charge in [0.2, 0.25) is 5.91 Å². The molecule has 0 saturated carbocycles. The summed E-state index contributed by atoms with van der Waals surface area (Å²) in [7, 11) is 3.26. The van der Waals surface area contributed by atoms with Crippen LogP contribution >= 0.6 is 0 Å².